The molecule has 0 spiro atoms. The van der Waals surface area contributed by atoms with Crippen LogP contribution in [-0.4, -0.2) is 22.8 Å². The fourth-order valence-corrected chi connectivity index (χ4v) is 5.24. The van der Waals surface area contributed by atoms with Crippen molar-refractivity contribution in [1.29, 1.82) is 0 Å². The van der Waals surface area contributed by atoms with Crippen molar-refractivity contribution in [3.63, 3.8) is 0 Å². The Hall–Kier alpha value is -0.0800. The second-order valence-corrected chi connectivity index (χ2v) is 6.53. The number of fused-ring (bicyclic) bond motifs is 1. The fraction of sp³-hybridized carbons (Fsp3) is 1.00. The van der Waals surface area contributed by atoms with Gasteiger partial charge in [-0.05, 0) is 50.0 Å². The smallest absolute Gasteiger partial charge is 0.0674 e. The third-order valence-electron chi connectivity index (χ3n) is 5.37. The maximum Gasteiger partial charge on any atom is 0.0674 e. The molecular weight excluding hydrogens is 186 g/mol. The van der Waals surface area contributed by atoms with E-state index in [4.69, 9.17) is 0 Å². The zero-order chi connectivity index (χ0) is 10.7. The van der Waals surface area contributed by atoms with Crippen LogP contribution in [0, 0.1) is 11.3 Å². The lowest BCUT2D eigenvalue weighted by molar-refractivity contribution is -0.0412. The quantitative estimate of drug-likeness (QED) is 0.729. The molecule has 4 atom stereocenters. The van der Waals surface area contributed by atoms with Crippen molar-refractivity contribution in [3.05, 3.63) is 0 Å². The molecule has 3 aliphatic carbocycles. The molecule has 3 aliphatic rings. The van der Waals surface area contributed by atoms with Gasteiger partial charge in [-0.15, -0.1) is 0 Å². The normalized spacial score (nSPS) is 57.4. The molecule has 86 valence electrons. The zero-order valence-electron chi connectivity index (χ0n) is 9.97. The Balaban J connectivity index is 1.98. The third-order valence-corrected chi connectivity index (χ3v) is 5.37. The summed E-state index contributed by atoms with van der Waals surface area (Å²) in [6.07, 6.45) is 7.06. The van der Waals surface area contributed by atoms with Gasteiger partial charge < -0.3 is 10.4 Å². The minimum Gasteiger partial charge on any atom is -0.390 e. The summed E-state index contributed by atoms with van der Waals surface area (Å²) >= 11 is 0. The summed E-state index contributed by atoms with van der Waals surface area (Å²) < 4.78 is 0. The first-order valence-corrected chi connectivity index (χ1v) is 6.49. The molecule has 2 bridgehead atoms. The predicted molar refractivity (Wildman–Crippen MR) is 60.7 cm³/mol. The SMILES string of the molecule is CCNC12CCCC3(C)CC(O)(CC31)C2. The van der Waals surface area contributed by atoms with Crippen LogP contribution in [0.2, 0.25) is 0 Å². The van der Waals surface area contributed by atoms with Gasteiger partial charge in [0, 0.05) is 5.54 Å². The molecule has 0 saturated heterocycles. The van der Waals surface area contributed by atoms with E-state index >= 15 is 0 Å². The summed E-state index contributed by atoms with van der Waals surface area (Å²) in [5, 5.41) is 14.3. The van der Waals surface area contributed by atoms with Crippen LogP contribution in [0.25, 0.3) is 0 Å². The largest absolute Gasteiger partial charge is 0.390 e. The van der Waals surface area contributed by atoms with E-state index in [1.165, 1.54) is 19.3 Å². The van der Waals surface area contributed by atoms with Crippen molar-refractivity contribution >= 4 is 0 Å². The lowest BCUT2D eigenvalue weighted by Gasteiger charge is -2.53. The molecule has 2 heteroatoms. The van der Waals surface area contributed by atoms with Gasteiger partial charge in [0.2, 0.25) is 0 Å². The van der Waals surface area contributed by atoms with E-state index < -0.39 is 0 Å². The maximum atomic E-state index is 10.6. The number of hydrogen-bond donors (Lipinski definition) is 2. The van der Waals surface area contributed by atoms with Gasteiger partial charge in [0.25, 0.3) is 0 Å². The van der Waals surface area contributed by atoms with E-state index in [2.05, 4.69) is 19.2 Å². The van der Waals surface area contributed by atoms with Crippen molar-refractivity contribution in [1.82, 2.24) is 5.32 Å². The molecule has 0 amide bonds. The van der Waals surface area contributed by atoms with Crippen LogP contribution >= 0.6 is 0 Å². The van der Waals surface area contributed by atoms with Crippen molar-refractivity contribution in [2.45, 2.75) is 63.5 Å². The maximum absolute atomic E-state index is 10.6. The van der Waals surface area contributed by atoms with Crippen molar-refractivity contribution in [2.75, 3.05) is 6.54 Å². The first-order chi connectivity index (χ1) is 7.02. The van der Waals surface area contributed by atoms with Gasteiger partial charge >= 0.3 is 0 Å². The molecule has 0 aromatic rings. The molecule has 4 unspecified atom stereocenters. The lowest BCUT2D eigenvalue weighted by atomic mass is 9.57. The van der Waals surface area contributed by atoms with E-state index in [0.717, 1.165) is 31.7 Å². The van der Waals surface area contributed by atoms with Crippen LogP contribution in [0.3, 0.4) is 0 Å². The Bertz CT molecular complexity index is 288. The second-order valence-electron chi connectivity index (χ2n) is 6.53. The molecule has 3 rings (SSSR count). The van der Waals surface area contributed by atoms with Crippen LogP contribution in [0.15, 0.2) is 0 Å². The molecule has 0 radical (unpaired) electrons. The predicted octanol–water partition coefficient (Wildman–Crippen LogP) is 2.07. The standard InChI is InChI=1S/C13H23NO/c1-3-14-13-6-4-5-11(2)8-12(15,9-13)7-10(11)13/h10,14-15H,3-9H2,1-2H3. The second kappa shape index (κ2) is 2.78. The number of nitrogens with one attached hydrogen (secondary N) is 1. The van der Waals surface area contributed by atoms with Crippen molar-refractivity contribution in [2.24, 2.45) is 11.3 Å². The average Bonchev–Trinajstić information content (AvgIpc) is 2.52. The molecule has 3 saturated carbocycles. The van der Waals surface area contributed by atoms with E-state index in [0.29, 0.717) is 5.41 Å². The summed E-state index contributed by atoms with van der Waals surface area (Å²) in [7, 11) is 0. The average molecular weight is 209 g/mol. The van der Waals surface area contributed by atoms with E-state index in [-0.39, 0.29) is 11.1 Å². The molecule has 2 N–H and O–H groups in total. The van der Waals surface area contributed by atoms with Gasteiger partial charge in [-0.2, -0.15) is 0 Å². The van der Waals surface area contributed by atoms with Crippen LogP contribution < -0.4 is 5.32 Å². The topological polar surface area (TPSA) is 32.3 Å². The van der Waals surface area contributed by atoms with Gasteiger partial charge in [0.15, 0.2) is 0 Å². The van der Waals surface area contributed by atoms with Crippen molar-refractivity contribution in [3.8, 4) is 0 Å². The Labute approximate surface area is 92.4 Å². The molecule has 0 aromatic carbocycles. The summed E-state index contributed by atoms with van der Waals surface area (Å²) in [6, 6.07) is 0. The summed E-state index contributed by atoms with van der Waals surface area (Å²) in [6.45, 7) is 5.64. The molecule has 0 aliphatic heterocycles. The highest BCUT2D eigenvalue weighted by Crippen LogP contribution is 2.67. The Morgan fingerprint density at radius 2 is 2.13 bits per heavy atom. The Morgan fingerprint density at radius 3 is 2.80 bits per heavy atom. The molecule has 2 nitrogen and oxygen atoms in total. The van der Waals surface area contributed by atoms with Crippen molar-refractivity contribution < 1.29 is 5.11 Å². The molecule has 0 heterocycles. The van der Waals surface area contributed by atoms with Gasteiger partial charge in [0.1, 0.15) is 0 Å². The van der Waals surface area contributed by atoms with E-state index in [1.807, 2.05) is 0 Å². The van der Waals surface area contributed by atoms with Crippen LogP contribution in [0.1, 0.15) is 52.4 Å². The summed E-state index contributed by atoms with van der Waals surface area (Å²) in [4.78, 5) is 0. The highest BCUT2D eigenvalue weighted by atomic mass is 16.3. The Kier molecular flexibility index (Phi) is 1.87. The van der Waals surface area contributed by atoms with E-state index in [1.54, 1.807) is 0 Å². The minimum atomic E-state index is -0.331. The molecule has 15 heavy (non-hydrogen) atoms. The summed E-state index contributed by atoms with van der Waals surface area (Å²) in [5.74, 6) is 0.726. The zero-order valence-corrected chi connectivity index (χ0v) is 9.97. The third kappa shape index (κ3) is 1.18. The molecular formula is C13H23NO. The first kappa shape index (κ1) is 10.1. The monoisotopic (exact) mass is 209 g/mol. The number of rotatable bonds is 2. The fourth-order valence-electron chi connectivity index (χ4n) is 5.24. The Morgan fingerprint density at radius 1 is 1.33 bits per heavy atom. The van der Waals surface area contributed by atoms with Gasteiger partial charge in [-0.1, -0.05) is 20.3 Å². The lowest BCUT2D eigenvalue weighted by Crippen LogP contribution is -2.58. The van der Waals surface area contributed by atoms with E-state index in [9.17, 15) is 5.11 Å². The van der Waals surface area contributed by atoms with Gasteiger partial charge in [-0.3, -0.25) is 0 Å². The minimum absolute atomic E-state index is 0.286. The molecule has 3 fully saturated rings. The number of aliphatic hydroxyl groups is 1. The van der Waals surface area contributed by atoms with Gasteiger partial charge in [-0.25, -0.2) is 0 Å². The highest BCUT2D eigenvalue weighted by Gasteiger charge is 2.67. The first-order valence-electron chi connectivity index (χ1n) is 6.49. The molecule has 0 aromatic heterocycles. The van der Waals surface area contributed by atoms with Crippen LogP contribution in [-0.2, 0) is 0 Å². The summed E-state index contributed by atoms with van der Waals surface area (Å²) in [5.41, 5.74) is 0.379. The highest BCUT2D eigenvalue weighted by molar-refractivity contribution is 5.21. The van der Waals surface area contributed by atoms with Crippen LogP contribution in [0.5, 0.6) is 0 Å². The van der Waals surface area contributed by atoms with Crippen LogP contribution in [0.4, 0.5) is 0 Å². The van der Waals surface area contributed by atoms with Gasteiger partial charge in [0.05, 0.1) is 5.60 Å². The number of hydrogen-bond acceptors (Lipinski definition) is 2.